The molecule has 2 aromatic heterocycles. The summed E-state index contributed by atoms with van der Waals surface area (Å²) in [6, 6.07) is 19.0. The Kier molecular flexibility index (Phi) is 4.63. The minimum Gasteiger partial charge on any atom is -0.350 e. The van der Waals surface area contributed by atoms with E-state index in [1.54, 1.807) is 11.8 Å². The van der Waals surface area contributed by atoms with Crippen LogP contribution in [0.3, 0.4) is 0 Å². The van der Waals surface area contributed by atoms with Gasteiger partial charge in [0.15, 0.2) is 0 Å². The Morgan fingerprint density at radius 2 is 1.63 bits per heavy atom. The third-order valence-electron chi connectivity index (χ3n) is 4.97. The number of aromatic nitrogens is 2. The van der Waals surface area contributed by atoms with Crippen molar-refractivity contribution in [2.45, 2.75) is 0 Å². The second-order valence-corrected chi connectivity index (χ2v) is 8.00. The first-order valence-electron chi connectivity index (χ1n) is 8.54. The van der Waals surface area contributed by atoms with Gasteiger partial charge in [0.05, 0.1) is 10.2 Å². The van der Waals surface area contributed by atoms with Crippen LogP contribution in [0.4, 0.5) is 0 Å². The molecule has 0 spiro atoms. The number of nitriles is 1. The minimum atomic E-state index is 0.697. The lowest BCUT2D eigenvalue weighted by atomic mass is 10.0. The van der Waals surface area contributed by atoms with Crippen LogP contribution in [0.2, 0.25) is 0 Å². The standard InChI is InChI=1S/C22H18BrN3S/c1-25-13-17(14-8-4-6-10-18(14)25)21(27-3)16(12-24)20-15-9-5-7-11-19(15)26(2)22(20)23/h4-11,13H,1-3H3/b21-16-. The zero-order valence-electron chi connectivity index (χ0n) is 15.3. The molecule has 4 aromatic rings. The van der Waals surface area contributed by atoms with Crippen molar-refractivity contribution < 1.29 is 0 Å². The van der Waals surface area contributed by atoms with Gasteiger partial charge >= 0.3 is 0 Å². The number of rotatable bonds is 3. The molecule has 0 unspecified atom stereocenters. The van der Waals surface area contributed by atoms with Crippen LogP contribution in [0.5, 0.6) is 0 Å². The Morgan fingerprint density at radius 3 is 2.30 bits per heavy atom. The molecular weight excluding hydrogens is 418 g/mol. The smallest absolute Gasteiger partial charge is 0.101 e. The van der Waals surface area contributed by atoms with E-state index in [1.807, 2.05) is 44.6 Å². The molecule has 0 saturated heterocycles. The number of thioether (sulfide) groups is 1. The summed E-state index contributed by atoms with van der Waals surface area (Å²) in [5, 5.41) is 12.4. The van der Waals surface area contributed by atoms with E-state index in [0.29, 0.717) is 5.57 Å². The fourth-order valence-corrected chi connectivity index (χ4v) is 5.03. The van der Waals surface area contributed by atoms with Gasteiger partial charge in [0.25, 0.3) is 0 Å². The summed E-state index contributed by atoms with van der Waals surface area (Å²) in [6.07, 6.45) is 4.15. The van der Waals surface area contributed by atoms with Crippen molar-refractivity contribution in [3.63, 3.8) is 0 Å². The molecule has 3 nitrogen and oxygen atoms in total. The lowest BCUT2D eigenvalue weighted by molar-refractivity contribution is 0.939. The first kappa shape index (κ1) is 18.0. The number of hydrogen-bond donors (Lipinski definition) is 0. The Bertz CT molecular complexity index is 1250. The monoisotopic (exact) mass is 435 g/mol. The molecule has 0 aliphatic rings. The number of benzene rings is 2. The van der Waals surface area contributed by atoms with Gasteiger partial charge in [-0.25, -0.2) is 0 Å². The van der Waals surface area contributed by atoms with Crippen LogP contribution in [0.15, 0.2) is 59.3 Å². The predicted octanol–water partition coefficient (Wildman–Crippen LogP) is 6.19. The lowest BCUT2D eigenvalue weighted by Crippen LogP contribution is -1.90. The summed E-state index contributed by atoms with van der Waals surface area (Å²) in [7, 11) is 4.06. The second kappa shape index (κ2) is 6.95. The number of halogens is 1. The first-order valence-corrected chi connectivity index (χ1v) is 10.6. The maximum atomic E-state index is 10.2. The molecule has 2 heterocycles. The number of allylic oxidation sites excluding steroid dienone is 1. The third-order valence-corrected chi connectivity index (χ3v) is 6.73. The molecule has 0 aliphatic carbocycles. The Morgan fingerprint density at radius 1 is 1.00 bits per heavy atom. The van der Waals surface area contributed by atoms with Crippen LogP contribution in [0.25, 0.3) is 32.3 Å². The predicted molar refractivity (Wildman–Crippen MR) is 119 cm³/mol. The van der Waals surface area contributed by atoms with Gasteiger partial charge in [0.1, 0.15) is 6.07 Å². The van der Waals surface area contributed by atoms with Gasteiger partial charge in [-0.1, -0.05) is 36.4 Å². The van der Waals surface area contributed by atoms with Gasteiger partial charge in [-0.05, 0) is 34.3 Å². The highest BCUT2D eigenvalue weighted by molar-refractivity contribution is 9.10. The van der Waals surface area contributed by atoms with Crippen LogP contribution >= 0.6 is 27.7 Å². The highest BCUT2D eigenvalue weighted by Crippen LogP contribution is 2.43. The Hall–Kier alpha value is -2.42. The van der Waals surface area contributed by atoms with Crippen LogP contribution < -0.4 is 0 Å². The molecule has 0 atom stereocenters. The zero-order chi connectivity index (χ0) is 19.1. The fraction of sp³-hybridized carbons (Fsp3) is 0.136. The molecule has 5 heteroatoms. The van der Waals surface area contributed by atoms with Crippen molar-refractivity contribution in [2.24, 2.45) is 14.1 Å². The van der Waals surface area contributed by atoms with Gasteiger partial charge in [-0.15, -0.1) is 11.8 Å². The summed E-state index contributed by atoms with van der Waals surface area (Å²) >= 11 is 5.34. The summed E-state index contributed by atoms with van der Waals surface area (Å²) in [5.41, 5.74) is 5.01. The van der Waals surface area contributed by atoms with E-state index in [9.17, 15) is 5.26 Å². The molecule has 0 N–H and O–H groups in total. The summed E-state index contributed by atoms with van der Waals surface area (Å²) < 4.78 is 5.13. The fourth-order valence-electron chi connectivity index (χ4n) is 3.69. The molecule has 2 aromatic carbocycles. The van der Waals surface area contributed by atoms with Crippen LogP contribution in [0.1, 0.15) is 11.1 Å². The van der Waals surface area contributed by atoms with Crippen molar-refractivity contribution in [1.29, 1.82) is 5.26 Å². The van der Waals surface area contributed by atoms with E-state index in [0.717, 1.165) is 42.4 Å². The molecule has 0 bridgehead atoms. The maximum absolute atomic E-state index is 10.2. The Balaban J connectivity index is 2.10. The lowest BCUT2D eigenvalue weighted by Gasteiger charge is -2.08. The van der Waals surface area contributed by atoms with E-state index >= 15 is 0 Å². The number of fused-ring (bicyclic) bond motifs is 2. The normalized spacial score (nSPS) is 12.4. The first-order chi connectivity index (χ1) is 13.1. The van der Waals surface area contributed by atoms with E-state index < -0.39 is 0 Å². The molecule has 4 rings (SSSR count). The number of hydrogen-bond acceptors (Lipinski definition) is 2. The largest absolute Gasteiger partial charge is 0.350 e. The molecule has 0 amide bonds. The number of para-hydroxylation sites is 2. The molecule has 27 heavy (non-hydrogen) atoms. The average Bonchev–Trinajstić information content (AvgIpc) is 3.16. The van der Waals surface area contributed by atoms with Gasteiger partial charge in [-0.2, -0.15) is 5.26 Å². The van der Waals surface area contributed by atoms with Gasteiger partial charge < -0.3 is 9.13 Å². The topological polar surface area (TPSA) is 33.6 Å². The van der Waals surface area contributed by atoms with Crippen LogP contribution in [-0.4, -0.2) is 15.4 Å². The van der Waals surface area contributed by atoms with Crippen LogP contribution in [-0.2, 0) is 14.1 Å². The third kappa shape index (κ3) is 2.72. The van der Waals surface area contributed by atoms with Crippen molar-refractivity contribution >= 4 is 60.0 Å². The molecule has 0 aliphatic heterocycles. The maximum Gasteiger partial charge on any atom is 0.101 e. The van der Waals surface area contributed by atoms with Crippen LogP contribution in [0, 0.1) is 11.3 Å². The van der Waals surface area contributed by atoms with E-state index in [-0.39, 0.29) is 0 Å². The van der Waals surface area contributed by atoms with Crippen molar-refractivity contribution in [2.75, 3.05) is 6.26 Å². The SMILES string of the molecule is CS/C(=C(/C#N)c1c(Br)n(C)c2ccccc12)c1cn(C)c2ccccc12. The number of nitrogens with zero attached hydrogens (tertiary/aromatic N) is 3. The molecule has 0 radical (unpaired) electrons. The highest BCUT2D eigenvalue weighted by Gasteiger charge is 2.22. The van der Waals surface area contributed by atoms with Crippen molar-refractivity contribution in [3.8, 4) is 6.07 Å². The molecule has 134 valence electrons. The van der Waals surface area contributed by atoms with Gasteiger partial charge in [0, 0.05) is 58.1 Å². The van der Waals surface area contributed by atoms with Crippen molar-refractivity contribution in [3.05, 3.63) is 70.5 Å². The summed E-state index contributed by atoms with van der Waals surface area (Å²) in [6.45, 7) is 0. The van der Waals surface area contributed by atoms with E-state index in [4.69, 9.17) is 0 Å². The Labute approximate surface area is 171 Å². The highest BCUT2D eigenvalue weighted by atomic mass is 79.9. The second-order valence-electron chi connectivity index (χ2n) is 6.43. The zero-order valence-corrected chi connectivity index (χ0v) is 17.7. The minimum absolute atomic E-state index is 0.697. The van der Waals surface area contributed by atoms with E-state index in [2.05, 4.69) is 61.6 Å². The molecular formula is C22H18BrN3S. The van der Waals surface area contributed by atoms with Gasteiger partial charge in [-0.3, -0.25) is 0 Å². The average molecular weight is 436 g/mol. The number of aryl methyl sites for hydroxylation is 2. The molecule has 0 fully saturated rings. The molecule has 0 saturated carbocycles. The van der Waals surface area contributed by atoms with Crippen molar-refractivity contribution in [1.82, 2.24) is 9.13 Å². The van der Waals surface area contributed by atoms with E-state index in [1.165, 1.54) is 0 Å². The summed E-state index contributed by atoms with van der Waals surface area (Å²) in [5.74, 6) is 0. The quantitative estimate of drug-likeness (QED) is 0.359. The van der Waals surface area contributed by atoms with Gasteiger partial charge in [0.2, 0.25) is 0 Å². The summed E-state index contributed by atoms with van der Waals surface area (Å²) in [4.78, 5) is 0.992.